The molecule has 0 aliphatic heterocycles. The van der Waals surface area contributed by atoms with E-state index in [9.17, 15) is 4.39 Å². The van der Waals surface area contributed by atoms with E-state index in [1.165, 1.54) is 12.1 Å². The molecular weight excluding hydrogens is 393 g/mol. The van der Waals surface area contributed by atoms with Crippen LogP contribution in [0, 0.1) is 5.82 Å². The Morgan fingerprint density at radius 3 is 2.40 bits per heavy atom. The summed E-state index contributed by atoms with van der Waals surface area (Å²) >= 11 is 10.1. The average molecular weight is 398 g/mol. The molecule has 0 spiro atoms. The van der Waals surface area contributed by atoms with Gasteiger partial charge in [0.05, 0.1) is 11.2 Å². The van der Waals surface area contributed by atoms with Crippen molar-refractivity contribution in [2.24, 2.45) is 0 Å². The Kier molecular flexibility index (Phi) is 3.14. The zero-order valence-corrected chi connectivity index (χ0v) is 12.1. The first kappa shape index (κ1) is 11.5. The first-order valence-corrected chi connectivity index (χ1v) is 6.48. The molecule has 0 aliphatic carbocycles. The predicted octanol–water partition coefficient (Wildman–Crippen LogP) is 4.67. The van der Waals surface area contributed by atoms with Crippen LogP contribution in [-0.2, 0) is 2.14 Å². The van der Waals surface area contributed by atoms with Gasteiger partial charge in [0.15, 0.2) is 2.14 Å². The first-order chi connectivity index (χ1) is 6.97. The van der Waals surface area contributed by atoms with Crippen molar-refractivity contribution >= 4 is 58.7 Å². The minimum atomic E-state index is -0.562. The summed E-state index contributed by atoms with van der Waals surface area (Å²) in [5.41, 5.74) is 1.37. The molecule has 0 aliphatic rings. The predicted molar refractivity (Wildman–Crippen MR) is 70.2 cm³/mol. The van der Waals surface area contributed by atoms with Gasteiger partial charge in [-0.3, -0.25) is 0 Å². The van der Waals surface area contributed by atoms with E-state index in [0.29, 0.717) is 5.52 Å². The summed E-state index contributed by atoms with van der Waals surface area (Å²) in [6, 6.07) is 8.30. The molecule has 15 heavy (non-hydrogen) atoms. The molecule has 0 saturated carbocycles. The van der Waals surface area contributed by atoms with Gasteiger partial charge in [0.25, 0.3) is 0 Å². The van der Waals surface area contributed by atoms with Crippen molar-refractivity contribution in [3.05, 3.63) is 41.8 Å². The van der Waals surface area contributed by atoms with Crippen LogP contribution in [0.15, 0.2) is 30.3 Å². The molecule has 2 aromatic rings. The number of halogens is 4. The van der Waals surface area contributed by atoms with Gasteiger partial charge in [-0.2, -0.15) is 0 Å². The molecule has 0 bridgehead atoms. The third-order valence-corrected chi connectivity index (χ3v) is 3.16. The summed E-state index contributed by atoms with van der Waals surface area (Å²) in [7, 11) is 0. The van der Waals surface area contributed by atoms with Gasteiger partial charge < -0.3 is 0 Å². The van der Waals surface area contributed by atoms with E-state index in [1.54, 1.807) is 6.07 Å². The van der Waals surface area contributed by atoms with E-state index in [4.69, 9.17) is 0 Å². The topological polar surface area (TPSA) is 12.9 Å². The lowest BCUT2D eigenvalue weighted by Crippen LogP contribution is -2.01. The number of rotatable bonds is 0. The quantitative estimate of drug-likeness (QED) is 0.589. The van der Waals surface area contributed by atoms with Crippen LogP contribution in [0.1, 0.15) is 5.69 Å². The highest BCUT2D eigenvalue weighted by molar-refractivity contribution is 9.38. The molecule has 0 N–H and O–H groups in total. The number of aromatic nitrogens is 1. The summed E-state index contributed by atoms with van der Waals surface area (Å²) in [4.78, 5) is 4.33. The standard InChI is InChI=1S/C10H5Br3FN/c11-10(12,13)9-4-2-6-1-3-7(14)5-8(6)15-9/h1-5H. The SMILES string of the molecule is Fc1ccc2ccc(C(Br)(Br)Br)nc2c1. The molecule has 1 heterocycles. The van der Waals surface area contributed by atoms with Crippen LogP contribution >= 0.6 is 47.8 Å². The molecule has 5 heteroatoms. The van der Waals surface area contributed by atoms with Crippen molar-refractivity contribution in [1.29, 1.82) is 0 Å². The van der Waals surface area contributed by atoms with Crippen molar-refractivity contribution < 1.29 is 4.39 Å². The van der Waals surface area contributed by atoms with E-state index in [2.05, 4.69) is 52.8 Å². The second kappa shape index (κ2) is 4.11. The fourth-order valence-electron chi connectivity index (χ4n) is 1.25. The monoisotopic (exact) mass is 395 g/mol. The maximum Gasteiger partial charge on any atom is 0.176 e. The number of hydrogen-bond acceptors (Lipinski definition) is 1. The summed E-state index contributed by atoms with van der Waals surface area (Å²) < 4.78 is 12.4. The van der Waals surface area contributed by atoms with Crippen LogP contribution in [0.5, 0.6) is 0 Å². The van der Waals surface area contributed by atoms with E-state index in [0.717, 1.165) is 11.1 Å². The minimum absolute atomic E-state index is 0.281. The molecule has 2 rings (SSSR count). The van der Waals surface area contributed by atoms with Gasteiger partial charge in [-0.15, -0.1) is 0 Å². The molecule has 1 aromatic heterocycles. The molecule has 0 atom stereocenters. The van der Waals surface area contributed by atoms with Gasteiger partial charge in [0, 0.05) is 11.5 Å². The highest BCUT2D eigenvalue weighted by Gasteiger charge is 2.22. The molecule has 0 radical (unpaired) electrons. The summed E-state index contributed by atoms with van der Waals surface area (Å²) in [5, 5.41) is 0.914. The second-order valence-electron chi connectivity index (χ2n) is 3.03. The fourth-order valence-corrected chi connectivity index (χ4v) is 1.91. The maximum atomic E-state index is 13.0. The molecule has 1 nitrogen and oxygen atoms in total. The molecule has 0 amide bonds. The van der Waals surface area contributed by atoms with Crippen molar-refractivity contribution in [3.63, 3.8) is 0 Å². The summed E-state index contributed by atoms with van der Waals surface area (Å²) in [6.07, 6.45) is 0. The average Bonchev–Trinajstić information content (AvgIpc) is 2.15. The fraction of sp³-hybridized carbons (Fsp3) is 0.100. The van der Waals surface area contributed by atoms with Crippen molar-refractivity contribution in [1.82, 2.24) is 4.98 Å². The van der Waals surface area contributed by atoms with Crippen LogP contribution < -0.4 is 0 Å². The Morgan fingerprint density at radius 1 is 1.07 bits per heavy atom. The van der Waals surface area contributed by atoms with Crippen molar-refractivity contribution in [3.8, 4) is 0 Å². The molecule has 78 valence electrons. The highest BCUT2D eigenvalue weighted by Crippen LogP contribution is 2.43. The van der Waals surface area contributed by atoms with Crippen LogP contribution in [0.3, 0.4) is 0 Å². The van der Waals surface area contributed by atoms with Crippen LogP contribution in [0.25, 0.3) is 10.9 Å². The molecule has 0 fully saturated rings. The number of alkyl halides is 3. The lowest BCUT2D eigenvalue weighted by Gasteiger charge is -2.11. The van der Waals surface area contributed by atoms with Gasteiger partial charge >= 0.3 is 0 Å². The van der Waals surface area contributed by atoms with Crippen molar-refractivity contribution in [2.75, 3.05) is 0 Å². The van der Waals surface area contributed by atoms with Crippen LogP contribution in [0.4, 0.5) is 4.39 Å². The number of benzene rings is 1. The first-order valence-electron chi connectivity index (χ1n) is 4.10. The molecule has 1 aromatic carbocycles. The normalized spacial score (nSPS) is 12.0. The molecule has 0 saturated heterocycles. The number of fused-ring (bicyclic) bond motifs is 1. The lowest BCUT2D eigenvalue weighted by atomic mass is 10.2. The van der Waals surface area contributed by atoms with Gasteiger partial charge in [0.1, 0.15) is 5.82 Å². The van der Waals surface area contributed by atoms with E-state index < -0.39 is 2.14 Å². The summed E-state index contributed by atoms with van der Waals surface area (Å²) in [5.74, 6) is -0.281. The number of hydrogen-bond donors (Lipinski definition) is 0. The zero-order chi connectivity index (χ0) is 11.1. The van der Waals surface area contributed by atoms with Crippen LogP contribution in [0.2, 0.25) is 0 Å². The van der Waals surface area contributed by atoms with Gasteiger partial charge in [-0.1, -0.05) is 53.9 Å². The third-order valence-electron chi connectivity index (χ3n) is 1.94. The van der Waals surface area contributed by atoms with Gasteiger partial charge in [-0.05, 0) is 18.2 Å². The smallest absolute Gasteiger partial charge is 0.176 e. The maximum absolute atomic E-state index is 13.0. The van der Waals surface area contributed by atoms with Gasteiger partial charge in [-0.25, -0.2) is 9.37 Å². The Hall–Kier alpha value is -0.000000000000000167. The highest BCUT2D eigenvalue weighted by atomic mass is 80.0. The van der Waals surface area contributed by atoms with Crippen molar-refractivity contribution in [2.45, 2.75) is 2.14 Å². The summed E-state index contributed by atoms with van der Waals surface area (Å²) in [6.45, 7) is 0. The lowest BCUT2D eigenvalue weighted by molar-refractivity contribution is 0.629. The van der Waals surface area contributed by atoms with E-state index in [1.807, 2.05) is 12.1 Å². The Bertz CT molecular complexity index is 507. The van der Waals surface area contributed by atoms with Gasteiger partial charge in [0.2, 0.25) is 0 Å². The number of nitrogens with zero attached hydrogens (tertiary/aromatic N) is 1. The van der Waals surface area contributed by atoms with Crippen LogP contribution in [-0.4, -0.2) is 4.98 Å². The van der Waals surface area contributed by atoms with E-state index >= 15 is 0 Å². The largest absolute Gasteiger partial charge is 0.249 e. The minimum Gasteiger partial charge on any atom is -0.249 e. The van der Waals surface area contributed by atoms with E-state index in [-0.39, 0.29) is 5.82 Å². The Balaban J connectivity index is 2.64. The second-order valence-corrected chi connectivity index (χ2v) is 9.79. The Labute approximate surface area is 111 Å². The molecular formula is C10H5Br3FN. The number of pyridine rings is 1. The third kappa shape index (κ3) is 2.57. The molecule has 0 unspecified atom stereocenters. The zero-order valence-electron chi connectivity index (χ0n) is 7.35. The Morgan fingerprint density at radius 2 is 1.73 bits per heavy atom.